The van der Waals surface area contributed by atoms with E-state index >= 15 is 0 Å². The lowest BCUT2D eigenvalue weighted by Crippen LogP contribution is -2.04. The van der Waals surface area contributed by atoms with E-state index in [2.05, 4.69) is 13.8 Å². The van der Waals surface area contributed by atoms with Gasteiger partial charge >= 0.3 is 0 Å². The zero-order valence-corrected chi connectivity index (χ0v) is 16.0. The molecule has 5 nitrogen and oxygen atoms in total. The van der Waals surface area contributed by atoms with Gasteiger partial charge in [0.25, 0.3) is 5.69 Å². The van der Waals surface area contributed by atoms with E-state index in [1.807, 2.05) is 0 Å². The van der Waals surface area contributed by atoms with Crippen LogP contribution in [-0.4, -0.2) is 16.5 Å². The molecular formula is C22H27NO4. The number of unbranched alkanes of at least 4 members (excludes halogenated alkanes) is 2. The number of hydrogen-bond donors (Lipinski definition) is 0. The minimum atomic E-state index is -0.545. The Labute approximate surface area is 160 Å². The van der Waals surface area contributed by atoms with E-state index in [0.717, 1.165) is 38.5 Å². The largest absolute Gasteiger partial charge is 0.300 e. The molecule has 5 heteroatoms. The molecule has 0 amide bonds. The van der Waals surface area contributed by atoms with Crippen LogP contribution in [0.15, 0.2) is 54.6 Å². The quantitative estimate of drug-likeness (QED) is 0.320. The molecule has 2 rings (SSSR count). The summed E-state index contributed by atoms with van der Waals surface area (Å²) in [4.78, 5) is 33.3. The van der Waals surface area contributed by atoms with E-state index in [9.17, 15) is 19.7 Å². The Morgan fingerprint density at radius 3 is 1.89 bits per heavy atom. The molecule has 0 heterocycles. The summed E-state index contributed by atoms with van der Waals surface area (Å²) in [6.07, 6.45) is 6.02. The second-order valence-electron chi connectivity index (χ2n) is 6.22. The first-order valence-corrected chi connectivity index (χ1v) is 9.36. The first kappa shape index (κ1) is 22.2. The molecule has 0 unspecified atom stereocenters. The molecule has 0 saturated heterocycles. The molecule has 2 aromatic carbocycles. The average molecular weight is 369 g/mol. The van der Waals surface area contributed by atoms with Crippen LogP contribution in [0.4, 0.5) is 5.69 Å². The Kier molecular flexibility index (Phi) is 10.3. The van der Waals surface area contributed by atoms with Gasteiger partial charge in [-0.1, -0.05) is 69.2 Å². The van der Waals surface area contributed by atoms with Crippen molar-refractivity contribution in [3.05, 3.63) is 75.8 Å². The van der Waals surface area contributed by atoms with Crippen molar-refractivity contribution >= 4 is 17.3 Å². The van der Waals surface area contributed by atoms with Crippen LogP contribution in [0.1, 0.15) is 68.3 Å². The third-order valence-electron chi connectivity index (χ3n) is 4.00. The third kappa shape index (κ3) is 7.94. The minimum Gasteiger partial charge on any atom is -0.300 e. The zero-order valence-electron chi connectivity index (χ0n) is 16.0. The number of ketones is 2. The molecule has 27 heavy (non-hydrogen) atoms. The van der Waals surface area contributed by atoms with Crippen LogP contribution in [0.5, 0.6) is 0 Å². The van der Waals surface area contributed by atoms with Crippen LogP contribution in [0.3, 0.4) is 0 Å². The monoisotopic (exact) mass is 369 g/mol. The van der Waals surface area contributed by atoms with Gasteiger partial charge in [-0.2, -0.15) is 0 Å². The first-order valence-electron chi connectivity index (χ1n) is 9.36. The van der Waals surface area contributed by atoms with Crippen LogP contribution in [0, 0.1) is 10.1 Å². The van der Waals surface area contributed by atoms with Gasteiger partial charge in [-0.3, -0.25) is 19.7 Å². The van der Waals surface area contributed by atoms with Gasteiger partial charge in [0.05, 0.1) is 4.92 Å². The minimum absolute atomic E-state index is 0.115. The zero-order chi connectivity index (χ0) is 20.1. The van der Waals surface area contributed by atoms with E-state index in [0.29, 0.717) is 11.3 Å². The maximum atomic E-state index is 12.1. The number of carbonyl (C=O) groups is 2. The molecule has 0 atom stereocenters. The molecule has 0 aliphatic heterocycles. The summed E-state index contributed by atoms with van der Waals surface area (Å²) < 4.78 is 0. The molecule has 0 bridgehead atoms. The van der Waals surface area contributed by atoms with Crippen LogP contribution in [0.2, 0.25) is 0 Å². The molecule has 0 aliphatic rings. The fourth-order valence-electron chi connectivity index (χ4n) is 2.44. The maximum Gasteiger partial charge on any atom is 0.280 e. The lowest BCUT2D eigenvalue weighted by Gasteiger charge is -2.01. The van der Waals surface area contributed by atoms with Gasteiger partial charge in [0.2, 0.25) is 0 Å². The van der Waals surface area contributed by atoms with Gasteiger partial charge in [0, 0.05) is 24.5 Å². The Balaban J connectivity index is 0.000000314. The van der Waals surface area contributed by atoms with E-state index < -0.39 is 4.92 Å². The number of Topliss-reactive ketones (excluding diaryl/α,β-unsaturated/α-hetero) is 1. The number of nitro benzene ring substituents is 1. The molecular weight excluding hydrogens is 342 g/mol. The average Bonchev–Trinajstić information content (AvgIpc) is 2.71. The van der Waals surface area contributed by atoms with E-state index in [1.54, 1.807) is 42.5 Å². The molecule has 0 radical (unpaired) electrons. The predicted octanol–water partition coefficient (Wildman–Crippen LogP) is 5.76. The fraction of sp³-hybridized carbons (Fsp3) is 0.364. The Morgan fingerprint density at radius 1 is 0.852 bits per heavy atom. The van der Waals surface area contributed by atoms with E-state index in [1.165, 1.54) is 12.1 Å². The normalized spacial score (nSPS) is 9.85. The van der Waals surface area contributed by atoms with Crippen molar-refractivity contribution in [2.75, 3.05) is 0 Å². The van der Waals surface area contributed by atoms with Crippen molar-refractivity contribution in [1.82, 2.24) is 0 Å². The summed E-state index contributed by atoms with van der Waals surface area (Å²) in [6, 6.07) is 14.5. The molecule has 0 N–H and O–H groups in total. The fourth-order valence-corrected chi connectivity index (χ4v) is 2.44. The second kappa shape index (κ2) is 12.5. The summed E-state index contributed by atoms with van der Waals surface area (Å²) in [5.74, 6) is 0.113. The van der Waals surface area contributed by atoms with Crippen molar-refractivity contribution in [2.45, 2.75) is 52.4 Å². The molecule has 0 spiro atoms. The lowest BCUT2D eigenvalue weighted by molar-refractivity contribution is -0.385. The molecule has 0 aromatic heterocycles. The van der Waals surface area contributed by atoms with Gasteiger partial charge in [-0.05, 0) is 18.9 Å². The highest BCUT2D eigenvalue weighted by atomic mass is 16.6. The number of nitrogens with zero attached hydrogens (tertiary/aromatic N) is 1. The summed E-state index contributed by atoms with van der Waals surface area (Å²) in [5, 5.41) is 10.8. The van der Waals surface area contributed by atoms with Crippen molar-refractivity contribution in [3.63, 3.8) is 0 Å². The number of benzene rings is 2. The molecule has 2 aromatic rings. The van der Waals surface area contributed by atoms with Crippen molar-refractivity contribution in [3.8, 4) is 0 Å². The van der Waals surface area contributed by atoms with Gasteiger partial charge < -0.3 is 0 Å². The third-order valence-corrected chi connectivity index (χ3v) is 4.00. The highest BCUT2D eigenvalue weighted by Gasteiger charge is 2.19. The van der Waals surface area contributed by atoms with Crippen LogP contribution >= 0.6 is 0 Å². The van der Waals surface area contributed by atoms with Crippen molar-refractivity contribution in [1.29, 1.82) is 0 Å². The predicted molar refractivity (Wildman–Crippen MR) is 107 cm³/mol. The summed E-state index contributed by atoms with van der Waals surface area (Å²) in [5.41, 5.74) is 0.395. The van der Waals surface area contributed by atoms with Gasteiger partial charge in [0.1, 0.15) is 11.3 Å². The maximum absolute atomic E-state index is 12.1. The van der Waals surface area contributed by atoms with E-state index in [-0.39, 0.29) is 17.0 Å². The van der Waals surface area contributed by atoms with Crippen LogP contribution < -0.4 is 0 Å². The smallest absolute Gasteiger partial charge is 0.280 e. The molecule has 0 saturated carbocycles. The number of para-hydroxylation sites is 1. The lowest BCUT2D eigenvalue weighted by atomic mass is 10.0. The molecule has 144 valence electrons. The standard InChI is InChI=1S/C13H9NO3.C9H18O/c15-13(10-6-2-1-3-7-10)11-8-4-5-9-12(11)14(16)17;1-3-5-7-9(10)8-6-4-2/h1-9H;3-8H2,1-2H3. The van der Waals surface area contributed by atoms with Gasteiger partial charge in [0.15, 0.2) is 5.78 Å². The summed E-state index contributed by atoms with van der Waals surface area (Å²) >= 11 is 0. The number of hydrogen-bond acceptors (Lipinski definition) is 4. The molecule has 0 aliphatic carbocycles. The van der Waals surface area contributed by atoms with Gasteiger partial charge in [-0.15, -0.1) is 0 Å². The molecule has 0 fully saturated rings. The number of carbonyl (C=O) groups excluding carboxylic acids is 2. The first-order chi connectivity index (χ1) is 13.0. The van der Waals surface area contributed by atoms with Crippen LogP contribution in [-0.2, 0) is 4.79 Å². The van der Waals surface area contributed by atoms with Crippen LogP contribution in [0.25, 0.3) is 0 Å². The van der Waals surface area contributed by atoms with E-state index in [4.69, 9.17) is 0 Å². The second-order valence-corrected chi connectivity index (χ2v) is 6.22. The summed E-state index contributed by atoms with van der Waals surface area (Å²) in [6.45, 7) is 4.24. The Hall–Kier alpha value is -2.82. The van der Waals surface area contributed by atoms with Gasteiger partial charge in [-0.25, -0.2) is 0 Å². The van der Waals surface area contributed by atoms with Crippen molar-refractivity contribution < 1.29 is 14.5 Å². The number of nitro groups is 1. The Morgan fingerprint density at radius 2 is 1.37 bits per heavy atom. The SMILES string of the molecule is CCCCC(=O)CCCC.O=C(c1ccccc1)c1ccccc1[N+](=O)[O-]. The number of rotatable bonds is 9. The topological polar surface area (TPSA) is 77.3 Å². The Bertz CT molecular complexity index is 731. The summed E-state index contributed by atoms with van der Waals surface area (Å²) in [7, 11) is 0. The highest BCUT2D eigenvalue weighted by Crippen LogP contribution is 2.20. The van der Waals surface area contributed by atoms with Crippen molar-refractivity contribution in [2.24, 2.45) is 0 Å². The highest BCUT2D eigenvalue weighted by molar-refractivity contribution is 6.11.